The molecule has 0 aliphatic heterocycles. The molecule has 0 aliphatic rings. The van der Waals surface area contributed by atoms with Crippen LogP contribution in [-0.2, 0) is 9.59 Å². The molecular formula is C16H14Br2ClN5O3. The van der Waals surface area contributed by atoms with Crippen LogP contribution in [0.4, 0.5) is 5.69 Å². The van der Waals surface area contributed by atoms with E-state index in [2.05, 4.69) is 47.7 Å². The van der Waals surface area contributed by atoms with Crippen LogP contribution in [0.3, 0.4) is 0 Å². The summed E-state index contributed by atoms with van der Waals surface area (Å²) in [6.07, 6.45) is 1.35. The summed E-state index contributed by atoms with van der Waals surface area (Å²) in [7, 11) is 0. The molecular weight excluding hydrogens is 505 g/mol. The smallest absolute Gasteiger partial charge is 0.272 e. The molecule has 8 nitrogen and oxygen atoms in total. The van der Waals surface area contributed by atoms with Gasteiger partial charge < -0.3 is 10.4 Å². The highest BCUT2D eigenvalue weighted by atomic mass is 79.9. The predicted octanol–water partition coefficient (Wildman–Crippen LogP) is 2.49. The Balaban J connectivity index is 2.09. The first-order valence-electron chi connectivity index (χ1n) is 7.35. The molecule has 1 unspecified atom stereocenters. The molecule has 0 saturated heterocycles. The summed E-state index contributed by atoms with van der Waals surface area (Å²) >= 11 is 12.2. The zero-order valence-corrected chi connectivity index (χ0v) is 17.5. The van der Waals surface area contributed by atoms with Crippen molar-refractivity contribution < 1.29 is 14.7 Å². The highest BCUT2D eigenvalue weighted by molar-refractivity contribution is 9.11. The number of phenolic OH excluding ortho intramolecular Hbond substituents is 1. The summed E-state index contributed by atoms with van der Waals surface area (Å²) in [6, 6.07) is 8.34. The lowest BCUT2D eigenvalue weighted by Gasteiger charge is -2.16. The van der Waals surface area contributed by atoms with Crippen LogP contribution < -0.4 is 22.0 Å². The first-order chi connectivity index (χ1) is 12.8. The fourth-order valence-corrected chi connectivity index (χ4v) is 3.29. The van der Waals surface area contributed by atoms with Crippen molar-refractivity contribution in [1.82, 2.24) is 10.9 Å². The molecule has 2 aromatic carbocycles. The van der Waals surface area contributed by atoms with Gasteiger partial charge in [0.1, 0.15) is 5.75 Å². The number of rotatable bonds is 6. The minimum absolute atomic E-state index is 0.0445. The van der Waals surface area contributed by atoms with Crippen LogP contribution >= 0.6 is 43.5 Å². The first-order valence-corrected chi connectivity index (χ1v) is 9.31. The van der Waals surface area contributed by atoms with Gasteiger partial charge in [0.05, 0.1) is 15.2 Å². The van der Waals surface area contributed by atoms with Crippen molar-refractivity contribution in [3.05, 3.63) is 55.9 Å². The van der Waals surface area contributed by atoms with E-state index in [4.69, 9.17) is 17.4 Å². The number of phenols is 1. The van der Waals surface area contributed by atoms with Crippen LogP contribution in [0, 0.1) is 0 Å². The minimum Gasteiger partial charge on any atom is -0.506 e. The lowest BCUT2D eigenvalue weighted by Crippen LogP contribution is -2.50. The molecule has 142 valence electrons. The minimum atomic E-state index is -1.31. The van der Waals surface area contributed by atoms with Crippen LogP contribution in [0.2, 0.25) is 5.02 Å². The van der Waals surface area contributed by atoms with E-state index in [1.54, 1.807) is 36.4 Å². The second kappa shape index (κ2) is 9.70. The number of hydrazine groups is 1. The molecule has 2 rings (SSSR count). The van der Waals surface area contributed by atoms with Crippen LogP contribution in [-0.4, -0.2) is 29.2 Å². The highest BCUT2D eigenvalue weighted by Crippen LogP contribution is 2.32. The van der Waals surface area contributed by atoms with Crippen LogP contribution in [0.5, 0.6) is 5.75 Å². The van der Waals surface area contributed by atoms with Crippen molar-refractivity contribution >= 4 is 67.2 Å². The largest absolute Gasteiger partial charge is 0.506 e. The number of hydrogen-bond acceptors (Lipinski definition) is 6. The monoisotopic (exact) mass is 517 g/mol. The molecule has 0 radical (unpaired) electrons. The number of nitrogens with zero attached hydrogens (tertiary/aromatic N) is 1. The van der Waals surface area contributed by atoms with Gasteiger partial charge in [-0.3, -0.25) is 15.0 Å². The van der Waals surface area contributed by atoms with Crippen LogP contribution in [0.1, 0.15) is 5.56 Å². The number of nitrogens with two attached hydrogens (primary N) is 1. The molecule has 27 heavy (non-hydrogen) atoms. The van der Waals surface area contributed by atoms with Crippen molar-refractivity contribution in [2.75, 3.05) is 5.32 Å². The Morgan fingerprint density at radius 2 is 1.74 bits per heavy atom. The van der Waals surface area contributed by atoms with E-state index in [0.29, 0.717) is 25.2 Å². The summed E-state index contributed by atoms with van der Waals surface area (Å²) < 4.78 is 0.906. The molecule has 0 aromatic heterocycles. The van der Waals surface area contributed by atoms with Crippen molar-refractivity contribution in [2.45, 2.75) is 6.04 Å². The summed E-state index contributed by atoms with van der Waals surface area (Å²) in [6.45, 7) is 0. The molecule has 6 N–H and O–H groups in total. The number of hydrazone groups is 1. The van der Waals surface area contributed by atoms with Gasteiger partial charge in [-0.25, -0.2) is 11.3 Å². The number of aromatic hydroxyl groups is 1. The summed E-state index contributed by atoms with van der Waals surface area (Å²) in [5.74, 6) is 3.72. The number of carbonyl (C=O) groups is 2. The third-order valence-electron chi connectivity index (χ3n) is 3.25. The van der Waals surface area contributed by atoms with Gasteiger partial charge in [-0.05, 0) is 73.8 Å². The average molecular weight is 520 g/mol. The van der Waals surface area contributed by atoms with Gasteiger partial charge in [-0.1, -0.05) is 11.6 Å². The number of carbonyl (C=O) groups excluding carboxylic acids is 2. The Kier molecular flexibility index (Phi) is 7.60. The Morgan fingerprint density at radius 3 is 2.30 bits per heavy atom. The molecule has 0 fully saturated rings. The highest BCUT2D eigenvalue weighted by Gasteiger charge is 2.25. The molecule has 0 spiro atoms. The molecule has 0 saturated carbocycles. The number of benzene rings is 2. The maximum Gasteiger partial charge on any atom is 0.272 e. The standard InChI is InChI=1S/C16H14Br2ClN5O3/c17-11-5-8(6-12(18)14(11)25)7-21-24-16(27)13(15(26)23-20)22-10-3-1-9(19)2-4-10/h1-7,13,22,25H,20H2,(H,23,26)(H,24,27). The Labute approximate surface area is 176 Å². The lowest BCUT2D eigenvalue weighted by molar-refractivity contribution is -0.130. The van der Waals surface area contributed by atoms with Crippen LogP contribution in [0.15, 0.2) is 50.4 Å². The number of halogens is 3. The maximum absolute atomic E-state index is 12.3. The van der Waals surface area contributed by atoms with Gasteiger partial charge >= 0.3 is 0 Å². The zero-order chi connectivity index (χ0) is 20.0. The van der Waals surface area contributed by atoms with E-state index in [1.807, 2.05) is 5.43 Å². The fourth-order valence-electron chi connectivity index (χ4n) is 1.94. The van der Waals surface area contributed by atoms with Crippen molar-refractivity contribution in [2.24, 2.45) is 10.9 Å². The molecule has 0 heterocycles. The molecule has 1 atom stereocenters. The van der Waals surface area contributed by atoms with E-state index >= 15 is 0 Å². The normalized spacial score (nSPS) is 11.9. The van der Waals surface area contributed by atoms with E-state index < -0.39 is 17.9 Å². The number of hydrogen-bond donors (Lipinski definition) is 5. The Bertz CT molecular complexity index is 854. The molecule has 2 aromatic rings. The van der Waals surface area contributed by atoms with E-state index in [9.17, 15) is 14.7 Å². The second-order valence-electron chi connectivity index (χ2n) is 5.16. The molecule has 0 aliphatic carbocycles. The number of amides is 2. The fraction of sp³-hybridized carbons (Fsp3) is 0.0625. The third kappa shape index (κ3) is 5.93. The quantitative estimate of drug-likeness (QED) is 0.132. The van der Waals surface area contributed by atoms with Crippen molar-refractivity contribution in [3.8, 4) is 5.75 Å². The summed E-state index contributed by atoms with van der Waals surface area (Å²) in [5.41, 5.74) is 5.28. The molecule has 2 amide bonds. The van der Waals surface area contributed by atoms with Crippen molar-refractivity contribution in [1.29, 1.82) is 0 Å². The number of anilines is 1. The second-order valence-corrected chi connectivity index (χ2v) is 7.31. The average Bonchev–Trinajstić information content (AvgIpc) is 2.64. The van der Waals surface area contributed by atoms with E-state index in [0.717, 1.165) is 0 Å². The lowest BCUT2D eigenvalue weighted by atomic mass is 10.2. The summed E-state index contributed by atoms with van der Waals surface area (Å²) in [5, 5.41) is 16.8. The van der Waals surface area contributed by atoms with E-state index in [1.165, 1.54) is 6.21 Å². The van der Waals surface area contributed by atoms with Crippen molar-refractivity contribution in [3.63, 3.8) is 0 Å². The third-order valence-corrected chi connectivity index (χ3v) is 4.71. The Hall–Kier alpha value is -2.14. The topological polar surface area (TPSA) is 129 Å². The van der Waals surface area contributed by atoms with Gasteiger partial charge in [0, 0.05) is 10.7 Å². The number of nitrogens with one attached hydrogen (secondary N) is 3. The maximum atomic E-state index is 12.3. The first kappa shape index (κ1) is 21.2. The van der Waals surface area contributed by atoms with Gasteiger partial charge in [-0.15, -0.1) is 0 Å². The van der Waals surface area contributed by atoms with Gasteiger partial charge in [0.25, 0.3) is 11.8 Å². The van der Waals surface area contributed by atoms with E-state index in [-0.39, 0.29) is 5.75 Å². The molecule has 0 bridgehead atoms. The predicted molar refractivity (Wildman–Crippen MR) is 110 cm³/mol. The van der Waals surface area contributed by atoms with Gasteiger partial charge in [0.15, 0.2) is 6.04 Å². The molecule has 11 heteroatoms. The Morgan fingerprint density at radius 1 is 1.15 bits per heavy atom. The SMILES string of the molecule is NNC(=O)C(Nc1ccc(Cl)cc1)C(=O)NN=Cc1cc(Br)c(O)c(Br)c1. The van der Waals surface area contributed by atoms with Gasteiger partial charge in [-0.2, -0.15) is 5.10 Å². The zero-order valence-electron chi connectivity index (χ0n) is 13.5. The van der Waals surface area contributed by atoms with Crippen LogP contribution in [0.25, 0.3) is 0 Å². The summed E-state index contributed by atoms with van der Waals surface area (Å²) in [4.78, 5) is 24.2. The van der Waals surface area contributed by atoms with Gasteiger partial charge in [0.2, 0.25) is 0 Å².